The first-order chi connectivity index (χ1) is 8.17. The van der Waals surface area contributed by atoms with Gasteiger partial charge in [0.15, 0.2) is 5.84 Å². The second-order valence-electron chi connectivity index (χ2n) is 2.99. The fourth-order valence-corrected chi connectivity index (χ4v) is 1.04. The molecule has 92 valence electrons. The van der Waals surface area contributed by atoms with E-state index in [-0.39, 0.29) is 12.4 Å². The molecular weight excluding hydrogens is 226 g/mol. The highest BCUT2D eigenvalue weighted by atomic mass is 16.5. The van der Waals surface area contributed by atoms with Gasteiger partial charge in [-0.2, -0.15) is 0 Å². The first kappa shape index (κ1) is 12.6. The van der Waals surface area contributed by atoms with Crippen molar-refractivity contribution >= 4 is 17.6 Å². The van der Waals surface area contributed by atoms with Gasteiger partial charge in [0.25, 0.3) is 0 Å². The molecule has 7 heteroatoms. The highest BCUT2D eigenvalue weighted by Gasteiger charge is 2.07. The number of hydrogen-bond acceptors (Lipinski definition) is 5. The standard InChI is InChI=1S/C10H13N3O4/c1-16-10(14)12-7-4-2-3-5-8(7)17-6-9(11)13-15/h2-5,15H,6H2,1H3,(H2,11,13)(H,12,14). The fourth-order valence-electron chi connectivity index (χ4n) is 1.04. The lowest BCUT2D eigenvalue weighted by molar-refractivity contribution is 0.186. The summed E-state index contributed by atoms with van der Waals surface area (Å²) in [6.07, 6.45) is -0.607. The van der Waals surface area contributed by atoms with Crippen LogP contribution in [0.5, 0.6) is 5.75 Å². The zero-order valence-electron chi connectivity index (χ0n) is 9.21. The van der Waals surface area contributed by atoms with E-state index < -0.39 is 6.09 Å². The van der Waals surface area contributed by atoms with Crippen LogP contribution in [0.1, 0.15) is 0 Å². The van der Waals surface area contributed by atoms with Gasteiger partial charge in [-0.25, -0.2) is 4.79 Å². The Hall–Kier alpha value is -2.44. The monoisotopic (exact) mass is 239 g/mol. The normalized spacial score (nSPS) is 10.8. The number of carbonyl (C=O) groups excluding carboxylic acids is 1. The number of nitrogens with two attached hydrogens (primary N) is 1. The predicted molar refractivity (Wildman–Crippen MR) is 61.4 cm³/mol. The first-order valence-corrected chi connectivity index (χ1v) is 4.70. The van der Waals surface area contributed by atoms with Gasteiger partial charge in [0, 0.05) is 0 Å². The van der Waals surface area contributed by atoms with E-state index in [1.165, 1.54) is 7.11 Å². The maximum absolute atomic E-state index is 11.1. The molecule has 0 aliphatic carbocycles. The molecule has 1 rings (SSSR count). The molecule has 1 aromatic rings. The van der Waals surface area contributed by atoms with Crippen molar-refractivity contribution in [2.24, 2.45) is 10.9 Å². The number of nitrogens with one attached hydrogen (secondary N) is 1. The van der Waals surface area contributed by atoms with Gasteiger partial charge in [0.1, 0.15) is 12.4 Å². The molecule has 0 heterocycles. The molecule has 7 nitrogen and oxygen atoms in total. The summed E-state index contributed by atoms with van der Waals surface area (Å²) in [6.45, 7) is -0.0869. The third-order valence-corrected chi connectivity index (χ3v) is 1.81. The number of benzene rings is 1. The molecule has 4 N–H and O–H groups in total. The quantitative estimate of drug-likeness (QED) is 0.314. The van der Waals surface area contributed by atoms with Crippen molar-refractivity contribution < 1.29 is 19.5 Å². The molecule has 0 unspecified atom stereocenters. The van der Waals surface area contributed by atoms with Crippen LogP contribution < -0.4 is 15.8 Å². The second kappa shape index (κ2) is 6.21. The number of oxime groups is 1. The van der Waals surface area contributed by atoms with Crippen molar-refractivity contribution in [1.82, 2.24) is 0 Å². The van der Waals surface area contributed by atoms with Crippen LogP contribution >= 0.6 is 0 Å². The number of para-hydroxylation sites is 2. The Morgan fingerprint density at radius 3 is 2.88 bits per heavy atom. The number of methoxy groups -OCH3 is 1. The van der Waals surface area contributed by atoms with Crippen LogP contribution in [0.25, 0.3) is 0 Å². The highest BCUT2D eigenvalue weighted by Crippen LogP contribution is 2.23. The van der Waals surface area contributed by atoms with E-state index in [1.54, 1.807) is 24.3 Å². The van der Waals surface area contributed by atoms with Crippen molar-refractivity contribution in [2.75, 3.05) is 19.0 Å². The van der Waals surface area contributed by atoms with Crippen molar-refractivity contribution in [2.45, 2.75) is 0 Å². The number of carbonyl (C=O) groups is 1. The second-order valence-corrected chi connectivity index (χ2v) is 2.99. The molecule has 0 atom stereocenters. The van der Waals surface area contributed by atoms with Crippen LogP contribution in [0.15, 0.2) is 29.4 Å². The highest BCUT2D eigenvalue weighted by molar-refractivity contribution is 5.87. The molecule has 0 spiro atoms. The maximum Gasteiger partial charge on any atom is 0.411 e. The van der Waals surface area contributed by atoms with Crippen LogP contribution in [0.3, 0.4) is 0 Å². The summed E-state index contributed by atoms with van der Waals surface area (Å²) in [5.41, 5.74) is 5.70. The molecule has 1 amide bonds. The van der Waals surface area contributed by atoms with Crippen LogP contribution in [-0.2, 0) is 4.74 Å². The fraction of sp³-hybridized carbons (Fsp3) is 0.200. The van der Waals surface area contributed by atoms with Crippen LogP contribution in [0, 0.1) is 0 Å². The van der Waals surface area contributed by atoms with E-state index in [1.807, 2.05) is 0 Å². The van der Waals surface area contributed by atoms with Gasteiger partial charge < -0.3 is 20.4 Å². The Morgan fingerprint density at radius 2 is 2.24 bits per heavy atom. The van der Waals surface area contributed by atoms with E-state index in [2.05, 4.69) is 15.2 Å². The van der Waals surface area contributed by atoms with E-state index in [0.29, 0.717) is 11.4 Å². The minimum absolute atomic E-state index is 0.0714. The van der Waals surface area contributed by atoms with Crippen LogP contribution in [-0.4, -0.2) is 30.9 Å². The number of rotatable bonds is 4. The van der Waals surface area contributed by atoms with E-state index in [9.17, 15) is 4.79 Å². The summed E-state index contributed by atoms with van der Waals surface area (Å²) >= 11 is 0. The molecule has 0 aliphatic rings. The van der Waals surface area contributed by atoms with Gasteiger partial charge in [0.2, 0.25) is 0 Å². The van der Waals surface area contributed by atoms with Gasteiger partial charge in [-0.3, -0.25) is 5.32 Å². The molecule has 0 fully saturated rings. The summed E-state index contributed by atoms with van der Waals surface area (Å²) in [7, 11) is 1.26. The van der Waals surface area contributed by atoms with Gasteiger partial charge in [0.05, 0.1) is 12.8 Å². The summed E-state index contributed by atoms with van der Waals surface area (Å²) < 4.78 is 9.71. The van der Waals surface area contributed by atoms with Crippen LogP contribution in [0.2, 0.25) is 0 Å². The lowest BCUT2D eigenvalue weighted by Gasteiger charge is -2.10. The van der Waals surface area contributed by atoms with E-state index in [4.69, 9.17) is 15.7 Å². The van der Waals surface area contributed by atoms with E-state index >= 15 is 0 Å². The van der Waals surface area contributed by atoms with Gasteiger partial charge in [-0.15, -0.1) is 0 Å². The van der Waals surface area contributed by atoms with E-state index in [0.717, 1.165) is 0 Å². The van der Waals surface area contributed by atoms with Gasteiger partial charge in [-0.1, -0.05) is 17.3 Å². The number of amidine groups is 1. The summed E-state index contributed by atoms with van der Waals surface area (Å²) in [4.78, 5) is 11.1. The molecule has 0 bridgehead atoms. The van der Waals surface area contributed by atoms with Gasteiger partial charge >= 0.3 is 6.09 Å². The maximum atomic E-state index is 11.1. The molecular formula is C10H13N3O4. The molecule has 0 aromatic heterocycles. The Morgan fingerprint density at radius 1 is 1.53 bits per heavy atom. The first-order valence-electron chi connectivity index (χ1n) is 4.70. The van der Waals surface area contributed by atoms with Crippen molar-refractivity contribution in [1.29, 1.82) is 0 Å². The SMILES string of the molecule is COC(=O)Nc1ccccc1OC/C(N)=N/O. The van der Waals surface area contributed by atoms with Crippen molar-refractivity contribution in [3.05, 3.63) is 24.3 Å². The Kier molecular flexibility index (Phi) is 4.61. The zero-order chi connectivity index (χ0) is 12.7. The topological polar surface area (TPSA) is 106 Å². The Labute approximate surface area is 97.8 Å². The average molecular weight is 239 g/mol. The minimum atomic E-state index is -0.607. The predicted octanol–water partition coefficient (Wildman–Crippen LogP) is 0.990. The average Bonchev–Trinajstić information content (AvgIpc) is 2.37. The van der Waals surface area contributed by atoms with Crippen molar-refractivity contribution in [3.63, 3.8) is 0 Å². The third-order valence-electron chi connectivity index (χ3n) is 1.81. The number of nitrogens with zero attached hydrogens (tertiary/aromatic N) is 1. The number of anilines is 1. The lowest BCUT2D eigenvalue weighted by atomic mass is 10.3. The summed E-state index contributed by atoms with van der Waals surface area (Å²) in [6, 6.07) is 6.72. The number of ether oxygens (including phenoxy) is 2. The molecule has 0 saturated heterocycles. The Bertz CT molecular complexity index is 420. The molecule has 0 saturated carbocycles. The number of hydrogen-bond donors (Lipinski definition) is 3. The summed E-state index contributed by atoms with van der Waals surface area (Å²) in [5, 5.41) is 13.6. The third kappa shape index (κ3) is 3.90. The Balaban J connectivity index is 2.74. The largest absolute Gasteiger partial charge is 0.483 e. The molecule has 0 radical (unpaired) electrons. The lowest BCUT2D eigenvalue weighted by Crippen LogP contribution is -2.21. The molecule has 1 aromatic carbocycles. The zero-order valence-corrected chi connectivity index (χ0v) is 9.21. The van der Waals surface area contributed by atoms with Crippen molar-refractivity contribution in [3.8, 4) is 5.75 Å². The minimum Gasteiger partial charge on any atom is -0.483 e. The smallest absolute Gasteiger partial charge is 0.411 e. The number of amides is 1. The molecule has 0 aliphatic heterocycles. The van der Waals surface area contributed by atoms with Gasteiger partial charge in [-0.05, 0) is 12.1 Å². The molecule has 17 heavy (non-hydrogen) atoms. The van der Waals surface area contributed by atoms with Crippen LogP contribution in [0.4, 0.5) is 10.5 Å². The summed E-state index contributed by atoms with van der Waals surface area (Å²) in [5.74, 6) is 0.322.